The van der Waals surface area contributed by atoms with Crippen LogP contribution in [-0.2, 0) is 28.9 Å². The number of rotatable bonds is 12. The third-order valence-corrected chi connectivity index (χ3v) is 8.61. The molecule has 0 unspecified atom stereocenters. The average Bonchev–Trinajstić information content (AvgIpc) is 3.43. The van der Waals surface area contributed by atoms with Crippen LogP contribution < -0.4 is 19.5 Å². The second-order valence-corrected chi connectivity index (χ2v) is 11.0. The first-order chi connectivity index (χ1) is 19.4. The molecule has 0 fully saturated rings. The lowest BCUT2D eigenvalue weighted by atomic mass is 10.1. The van der Waals surface area contributed by atoms with E-state index in [1.54, 1.807) is 46.5 Å². The van der Waals surface area contributed by atoms with Crippen LogP contribution >= 0.6 is 23.1 Å². The van der Waals surface area contributed by atoms with Crippen molar-refractivity contribution in [2.24, 2.45) is 0 Å². The standard InChI is InChI=1S/C28H34N4O6S2/c1-6-13-32-25(17-14-19(35-3)24(37-5)20(15-17)36-4)30-31-28(32)39-16-22(33)29-26-23(27(34)38-7-2)18-11-9-8-10-12-21(18)40-26/h6,14-15H,1,7-13,16H2,2-5H3,(H,29,33). The van der Waals surface area contributed by atoms with Crippen molar-refractivity contribution in [1.82, 2.24) is 14.8 Å². The number of aryl methyl sites for hydroxylation is 1. The zero-order chi connectivity index (χ0) is 28.6. The van der Waals surface area contributed by atoms with Crippen LogP contribution in [0.4, 0.5) is 5.00 Å². The number of hydrogen-bond acceptors (Lipinski definition) is 10. The minimum atomic E-state index is -0.384. The number of thioether (sulfide) groups is 1. The molecule has 0 spiro atoms. The van der Waals surface area contributed by atoms with Gasteiger partial charge in [0.15, 0.2) is 22.5 Å². The zero-order valence-corrected chi connectivity index (χ0v) is 24.8. The summed E-state index contributed by atoms with van der Waals surface area (Å²) < 4.78 is 23.6. The number of allylic oxidation sites excluding steroid dienone is 1. The molecule has 2 heterocycles. The third kappa shape index (κ3) is 6.28. The molecule has 10 nitrogen and oxygen atoms in total. The van der Waals surface area contributed by atoms with E-state index in [9.17, 15) is 9.59 Å². The first-order valence-electron chi connectivity index (χ1n) is 13.0. The Hall–Kier alpha value is -3.51. The van der Waals surface area contributed by atoms with Gasteiger partial charge in [-0.25, -0.2) is 4.79 Å². The molecule has 2 aromatic heterocycles. The fraction of sp³-hybridized carbons (Fsp3) is 0.429. The largest absolute Gasteiger partial charge is 0.493 e. The molecule has 0 bridgehead atoms. The predicted molar refractivity (Wildman–Crippen MR) is 156 cm³/mol. The lowest BCUT2D eigenvalue weighted by Gasteiger charge is -2.14. The van der Waals surface area contributed by atoms with Crippen LogP contribution in [0.25, 0.3) is 11.4 Å². The first-order valence-corrected chi connectivity index (χ1v) is 14.8. The highest BCUT2D eigenvalue weighted by Gasteiger charge is 2.27. The monoisotopic (exact) mass is 586 g/mol. The van der Waals surface area contributed by atoms with E-state index in [1.807, 2.05) is 4.57 Å². The van der Waals surface area contributed by atoms with Gasteiger partial charge in [-0.05, 0) is 50.3 Å². The fourth-order valence-corrected chi connectivity index (χ4v) is 6.70. The van der Waals surface area contributed by atoms with Crippen LogP contribution in [0.2, 0.25) is 0 Å². The molecule has 4 rings (SSSR count). The highest BCUT2D eigenvalue weighted by Crippen LogP contribution is 2.41. The van der Waals surface area contributed by atoms with Gasteiger partial charge in [0.05, 0.1) is 39.3 Å². The van der Waals surface area contributed by atoms with Crippen LogP contribution in [0.15, 0.2) is 29.9 Å². The molecule has 0 saturated heterocycles. The Morgan fingerprint density at radius 2 is 1.82 bits per heavy atom. The molecule has 1 aliphatic carbocycles. The lowest BCUT2D eigenvalue weighted by molar-refractivity contribution is -0.113. The third-order valence-electron chi connectivity index (χ3n) is 6.44. The summed E-state index contributed by atoms with van der Waals surface area (Å²) in [6, 6.07) is 3.59. The topological polar surface area (TPSA) is 114 Å². The Bertz CT molecular complexity index is 1360. The summed E-state index contributed by atoms with van der Waals surface area (Å²) in [5.41, 5.74) is 2.23. The van der Waals surface area contributed by atoms with Crippen molar-refractivity contribution >= 4 is 40.0 Å². The molecule has 1 N–H and O–H groups in total. The molecule has 12 heteroatoms. The van der Waals surface area contributed by atoms with Crippen molar-refractivity contribution in [2.45, 2.75) is 50.7 Å². The molecule has 1 aliphatic rings. The second kappa shape index (κ2) is 13.7. The Labute approximate surface area is 242 Å². The van der Waals surface area contributed by atoms with Gasteiger partial charge >= 0.3 is 5.97 Å². The average molecular weight is 587 g/mol. The minimum absolute atomic E-state index is 0.0787. The van der Waals surface area contributed by atoms with E-state index < -0.39 is 0 Å². The van der Waals surface area contributed by atoms with Crippen molar-refractivity contribution in [3.63, 3.8) is 0 Å². The Morgan fingerprint density at radius 1 is 1.10 bits per heavy atom. The van der Waals surface area contributed by atoms with Gasteiger partial charge in [-0.15, -0.1) is 28.1 Å². The zero-order valence-electron chi connectivity index (χ0n) is 23.2. The SMILES string of the molecule is C=CCn1c(SCC(=O)Nc2sc3c(c2C(=O)OCC)CCCCC3)nnc1-c1cc(OC)c(OC)c(OC)c1. The number of ether oxygens (including phenoxy) is 4. The molecule has 0 saturated carbocycles. The fourth-order valence-electron chi connectivity index (χ4n) is 4.66. The number of amides is 1. The van der Waals surface area contributed by atoms with Crippen LogP contribution in [0.1, 0.15) is 47.0 Å². The number of carbonyl (C=O) groups excluding carboxylic acids is 2. The van der Waals surface area contributed by atoms with Gasteiger partial charge in [0.1, 0.15) is 5.00 Å². The van der Waals surface area contributed by atoms with Crippen molar-refractivity contribution in [3.05, 3.63) is 40.8 Å². The molecule has 40 heavy (non-hydrogen) atoms. The molecular weight excluding hydrogens is 552 g/mol. The number of nitrogens with zero attached hydrogens (tertiary/aromatic N) is 3. The number of esters is 1. The van der Waals surface area contributed by atoms with Gasteiger partial charge in [0.2, 0.25) is 11.7 Å². The smallest absolute Gasteiger partial charge is 0.341 e. The quantitative estimate of drug-likeness (QED) is 0.129. The second-order valence-electron chi connectivity index (χ2n) is 8.95. The predicted octanol–water partition coefficient (Wildman–Crippen LogP) is 5.39. The number of hydrogen-bond donors (Lipinski definition) is 1. The van der Waals surface area contributed by atoms with Crippen molar-refractivity contribution in [2.75, 3.05) is 39.0 Å². The van der Waals surface area contributed by atoms with Gasteiger partial charge in [0, 0.05) is 17.0 Å². The van der Waals surface area contributed by atoms with Gasteiger partial charge in [0.25, 0.3) is 0 Å². The maximum Gasteiger partial charge on any atom is 0.341 e. The van der Waals surface area contributed by atoms with E-state index in [0.717, 1.165) is 42.5 Å². The van der Waals surface area contributed by atoms with E-state index in [0.29, 0.717) is 50.9 Å². The number of aromatic nitrogens is 3. The molecule has 0 radical (unpaired) electrons. The van der Waals surface area contributed by atoms with Crippen molar-refractivity contribution in [1.29, 1.82) is 0 Å². The van der Waals surface area contributed by atoms with Gasteiger partial charge in [-0.2, -0.15) is 0 Å². The summed E-state index contributed by atoms with van der Waals surface area (Å²) in [5, 5.41) is 12.8. The Balaban J connectivity index is 1.56. The van der Waals surface area contributed by atoms with E-state index in [4.69, 9.17) is 18.9 Å². The summed E-state index contributed by atoms with van der Waals surface area (Å²) in [7, 11) is 4.64. The summed E-state index contributed by atoms with van der Waals surface area (Å²) in [5.74, 6) is 1.47. The number of fused-ring (bicyclic) bond motifs is 1. The summed E-state index contributed by atoms with van der Waals surface area (Å²) in [6.07, 6.45) is 6.69. The van der Waals surface area contributed by atoms with E-state index >= 15 is 0 Å². The summed E-state index contributed by atoms with van der Waals surface area (Å²) in [6.45, 7) is 6.34. The van der Waals surface area contributed by atoms with Gasteiger partial charge in [-0.3, -0.25) is 9.36 Å². The van der Waals surface area contributed by atoms with Crippen LogP contribution in [0, 0.1) is 0 Å². The van der Waals surface area contributed by atoms with Crippen molar-refractivity contribution in [3.8, 4) is 28.6 Å². The van der Waals surface area contributed by atoms with Gasteiger partial charge in [-0.1, -0.05) is 24.3 Å². The number of nitrogens with one attached hydrogen (secondary N) is 1. The van der Waals surface area contributed by atoms with Gasteiger partial charge < -0.3 is 24.3 Å². The number of carbonyl (C=O) groups is 2. The molecule has 3 aromatic rings. The lowest BCUT2D eigenvalue weighted by Crippen LogP contribution is -2.17. The number of thiophene rings is 1. The van der Waals surface area contributed by atoms with Crippen LogP contribution in [0.5, 0.6) is 17.2 Å². The summed E-state index contributed by atoms with van der Waals surface area (Å²) in [4.78, 5) is 27.1. The maximum absolute atomic E-state index is 13.1. The van der Waals surface area contributed by atoms with Crippen LogP contribution in [0.3, 0.4) is 0 Å². The highest BCUT2D eigenvalue weighted by molar-refractivity contribution is 7.99. The number of anilines is 1. The summed E-state index contributed by atoms with van der Waals surface area (Å²) >= 11 is 2.73. The minimum Gasteiger partial charge on any atom is -0.493 e. The number of methoxy groups -OCH3 is 3. The molecule has 0 aliphatic heterocycles. The Morgan fingerprint density at radius 3 is 2.48 bits per heavy atom. The molecule has 0 atom stereocenters. The van der Waals surface area contributed by atoms with E-state index in [2.05, 4.69) is 22.1 Å². The van der Waals surface area contributed by atoms with E-state index in [-0.39, 0.29) is 24.2 Å². The molecular formula is C28H34N4O6S2. The molecule has 214 valence electrons. The highest BCUT2D eigenvalue weighted by atomic mass is 32.2. The normalized spacial score (nSPS) is 12.7. The first kappa shape index (κ1) is 29.5. The van der Waals surface area contributed by atoms with E-state index in [1.165, 1.54) is 23.1 Å². The van der Waals surface area contributed by atoms with Crippen LogP contribution in [-0.4, -0.2) is 60.3 Å². The molecule has 1 aromatic carbocycles. The molecule has 1 amide bonds. The van der Waals surface area contributed by atoms with Crippen molar-refractivity contribution < 1.29 is 28.5 Å². The Kier molecular flexibility index (Phi) is 10.1. The number of benzene rings is 1. The maximum atomic E-state index is 13.1.